The number of rotatable bonds is 4. The van der Waals surface area contributed by atoms with Crippen molar-refractivity contribution in [1.29, 1.82) is 0 Å². The Morgan fingerprint density at radius 2 is 1.88 bits per heavy atom. The van der Waals surface area contributed by atoms with E-state index in [1.165, 1.54) is 12.1 Å². The summed E-state index contributed by atoms with van der Waals surface area (Å²) in [6, 6.07) is 10.7. The van der Waals surface area contributed by atoms with Gasteiger partial charge >= 0.3 is 0 Å². The first-order valence-corrected chi connectivity index (χ1v) is 10.8. The molecule has 0 unspecified atom stereocenters. The topological polar surface area (TPSA) is 23.5 Å². The number of fused-ring (bicyclic) bond motifs is 1. The Morgan fingerprint density at radius 1 is 1.20 bits per heavy atom. The van der Waals surface area contributed by atoms with E-state index in [0.29, 0.717) is 5.75 Å². The molecule has 134 valence electrons. The van der Waals surface area contributed by atoms with Gasteiger partial charge in [0.25, 0.3) is 0 Å². The number of anilines is 2. The van der Waals surface area contributed by atoms with Crippen molar-refractivity contribution in [2.24, 2.45) is 5.41 Å². The van der Waals surface area contributed by atoms with Gasteiger partial charge in [-0.1, -0.05) is 13.8 Å². The SMILES string of the molecule is CCC1(CC)CSc2cc(O)c(SC)cc2N(c2ccc(F)cc2)C1. The molecule has 1 aliphatic rings. The number of phenols is 1. The van der Waals surface area contributed by atoms with Crippen LogP contribution in [0.2, 0.25) is 0 Å². The summed E-state index contributed by atoms with van der Waals surface area (Å²) >= 11 is 3.36. The van der Waals surface area contributed by atoms with Crippen LogP contribution in [0.5, 0.6) is 5.75 Å². The summed E-state index contributed by atoms with van der Waals surface area (Å²) in [5, 5.41) is 10.3. The van der Waals surface area contributed by atoms with Gasteiger partial charge in [-0.15, -0.1) is 23.5 Å². The Balaban J connectivity index is 2.15. The predicted molar refractivity (Wildman–Crippen MR) is 107 cm³/mol. The van der Waals surface area contributed by atoms with Gasteiger partial charge in [-0.05, 0) is 60.9 Å². The maximum Gasteiger partial charge on any atom is 0.130 e. The maximum atomic E-state index is 13.4. The number of hydrogen-bond acceptors (Lipinski definition) is 4. The smallest absolute Gasteiger partial charge is 0.130 e. The van der Waals surface area contributed by atoms with Gasteiger partial charge in [0.05, 0.1) is 10.6 Å². The number of hydrogen-bond donors (Lipinski definition) is 1. The van der Waals surface area contributed by atoms with Gasteiger partial charge < -0.3 is 10.0 Å². The molecule has 0 aliphatic carbocycles. The highest BCUT2D eigenvalue weighted by molar-refractivity contribution is 7.99. The molecule has 0 spiro atoms. The Bertz CT molecular complexity index is 744. The molecule has 0 fully saturated rings. The van der Waals surface area contributed by atoms with E-state index in [1.54, 1.807) is 11.8 Å². The summed E-state index contributed by atoms with van der Waals surface area (Å²) in [7, 11) is 0. The number of benzene rings is 2. The molecule has 0 radical (unpaired) electrons. The Kier molecular flexibility index (Phi) is 5.54. The van der Waals surface area contributed by atoms with Crippen LogP contribution < -0.4 is 4.90 Å². The third-order valence-corrected chi connectivity index (χ3v) is 7.38. The van der Waals surface area contributed by atoms with Crippen LogP contribution in [0.3, 0.4) is 0 Å². The molecule has 0 atom stereocenters. The molecule has 3 rings (SSSR count). The molecule has 0 bridgehead atoms. The zero-order valence-electron chi connectivity index (χ0n) is 14.9. The van der Waals surface area contributed by atoms with E-state index in [0.717, 1.165) is 46.3 Å². The first kappa shape index (κ1) is 18.5. The van der Waals surface area contributed by atoms with Crippen molar-refractivity contribution in [3.05, 3.63) is 42.2 Å². The molecule has 1 aliphatic heterocycles. The quantitative estimate of drug-likeness (QED) is 0.631. The fraction of sp³-hybridized carbons (Fsp3) is 0.400. The zero-order valence-corrected chi connectivity index (χ0v) is 16.5. The molecule has 0 saturated heterocycles. The van der Waals surface area contributed by atoms with Crippen LogP contribution in [-0.4, -0.2) is 23.7 Å². The van der Waals surface area contributed by atoms with Crippen molar-refractivity contribution in [2.45, 2.75) is 36.5 Å². The average molecular weight is 378 g/mol. The normalized spacial score (nSPS) is 16.4. The van der Waals surface area contributed by atoms with Crippen LogP contribution in [0.25, 0.3) is 0 Å². The summed E-state index contributed by atoms with van der Waals surface area (Å²) in [5.41, 5.74) is 2.28. The van der Waals surface area contributed by atoms with Crippen molar-refractivity contribution in [2.75, 3.05) is 23.5 Å². The number of phenolic OH excluding ortho intramolecular Hbond substituents is 1. The highest BCUT2D eigenvalue weighted by Gasteiger charge is 2.34. The highest BCUT2D eigenvalue weighted by Crippen LogP contribution is 2.48. The van der Waals surface area contributed by atoms with Crippen LogP contribution in [0.15, 0.2) is 46.2 Å². The molecule has 0 aromatic heterocycles. The molecule has 1 N–H and O–H groups in total. The van der Waals surface area contributed by atoms with Crippen molar-refractivity contribution in [3.63, 3.8) is 0 Å². The fourth-order valence-corrected chi connectivity index (χ4v) is 5.23. The van der Waals surface area contributed by atoms with Gasteiger partial charge in [-0.2, -0.15) is 0 Å². The van der Waals surface area contributed by atoms with E-state index in [9.17, 15) is 9.50 Å². The van der Waals surface area contributed by atoms with E-state index >= 15 is 0 Å². The Hall–Kier alpha value is -1.33. The molecular formula is C20H24FNOS2. The molecule has 0 amide bonds. The van der Waals surface area contributed by atoms with Gasteiger partial charge in [-0.3, -0.25) is 0 Å². The van der Waals surface area contributed by atoms with Gasteiger partial charge in [0, 0.05) is 22.9 Å². The van der Waals surface area contributed by atoms with Gasteiger partial charge in [0.1, 0.15) is 11.6 Å². The lowest BCUT2D eigenvalue weighted by atomic mass is 9.83. The van der Waals surface area contributed by atoms with E-state index in [2.05, 4.69) is 24.8 Å². The van der Waals surface area contributed by atoms with Crippen molar-refractivity contribution >= 4 is 34.9 Å². The number of halogens is 1. The van der Waals surface area contributed by atoms with Crippen LogP contribution in [0.1, 0.15) is 26.7 Å². The summed E-state index contributed by atoms with van der Waals surface area (Å²) < 4.78 is 13.4. The lowest BCUT2D eigenvalue weighted by molar-refractivity contribution is 0.319. The minimum Gasteiger partial charge on any atom is -0.507 e. The van der Waals surface area contributed by atoms with Crippen molar-refractivity contribution in [3.8, 4) is 5.75 Å². The summed E-state index contributed by atoms with van der Waals surface area (Å²) in [6.45, 7) is 5.38. The van der Waals surface area contributed by atoms with E-state index < -0.39 is 0 Å². The predicted octanol–water partition coefficient (Wildman–Crippen LogP) is 6.30. The first-order valence-electron chi connectivity index (χ1n) is 8.59. The Labute approximate surface area is 157 Å². The largest absolute Gasteiger partial charge is 0.507 e. The van der Waals surface area contributed by atoms with Gasteiger partial charge in [0.2, 0.25) is 0 Å². The average Bonchev–Trinajstić information content (AvgIpc) is 2.79. The maximum absolute atomic E-state index is 13.4. The van der Waals surface area contributed by atoms with E-state index in [1.807, 2.05) is 36.2 Å². The van der Waals surface area contributed by atoms with Gasteiger partial charge in [0.15, 0.2) is 0 Å². The van der Waals surface area contributed by atoms with Crippen LogP contribution in [0, 0.1) is 11.2 Å². The summed E-state index contributed by atoms with van der Waals surface area (Å²) in [4.78, 5) is 4.25. The van der Waals surface area contributed by atoms with Gasteiger partial charge in [-0.25, -0.2) is 4.39 Å². The second-order valence-electron chi connectivity index (χ2n) is 6.55. The molecule has 1 heterocycles. The lowest BCUT2D eigenvalue weighted by Crippen LogP contribution is -2.35. The fourth-order valence-electron chi connectivity index (χ4n) is 3.25. The molecule has 2 aromatic carbocycles. The van der Waals surface area contributed by atoms with Crippen LogP contribution >= 0.6 is 23.5 Å². The molecule has 2 nitrogen and oxygen atoms in total. The number of nitrogens with zero attached hydrogens (tertiary/aromatic N) is 1. The van der Waals surface area contributed by atoms with E-state index in [4.69, 9.17) is 0 Å². The number of aromatic hydroxyl groups is 1. The third-order valence-electron chi connectivity index (χ3n) is 5.22. The van der Waals surface area contributed by atoms with E-state index in [-0.39, 0.29) is 11.2 Å². The minimum atomic E-state index is -0.221. The van der Waals surface area contributed by atoms with Crippen molar-refractivity contribution < 1.29 is 9.50 Å². The summed E-state index contributed by atoms with van der Waals surface area (Å²) in [6.07, 6.45) is 4.14. The third kappa shape index (κ3) is 3.63. The Morgan fingerprint density at radius 3 is 2.48 bits per heavy atom. The zero-order chi connectivity index (χ0) is 18.0. The van der Waals surface area contributed by atoms with Crippen LogP contribution in [0.4, 0.5) is 15.8 Å². The lowest BCUT2D eigenvalue weighted by Gasteiger charge is -2.36. The van der Waals surface area contributed by atoms with Crippen molar-refractivity contribution in [1.82, 2.24) is 0 Å². The summed E-state index contributed by atoms with van der Waals surface area (Å²) in [5.74, 6) is 1.13. The molecular weight excluding hydrogens is 353 g/mol. The minimum absolute atomic E-state index is 0.188. The molecule has 2 aromatic rings. The molecule has 5 heteroatoms. The van der Waals surface area contributed by atoms with Crippen LogP contribution in [-0.2, 0) is 0 Å². The number of thioether (sulfide) groups is 2. The monoisotopic (exact) mass is 377 g/mol. The molecule has 0 saturated carbocycles. The second kappa shape index (κ2) is 7.50. The standard InChI is InChI=1S/C20H24FNOS2/c1-4-20(5-2)12-22(15-8-6-14(21)7-9-15)16-10-19(24-3)17(23)11-18(16)25-13-20/h6-11,23H,4-5,12-13H2,1-3H3. The second-order valence-corrected chi connectivity index (χ2v) is 8.42. The molecule has 25 heavy (non-hydrogen) atoms. The highest BCUT2D eigenvalue weighted by atomic mass is 32.2. The first-order chi connectivity index (χ1) is 12.0.